The van der Waals surface area contributed by atoms with Crippen LogP contribution in [0.4, 0.5) is 0 Å². The van der Waals surface area contributed by atoms with Crippen LogP contribution in [0.1, 0.15) is 30.3 Å². The summed E-state index contributed by atoms with van der Waals surface area (Å²) in [6.45, 7) is 2.00. The number of esters is 1. The van der Waals surface area contributed by atoms with Gasteiger partial charge in [-0.05, 0) is 24.9 Å². The van der Waals surface area contributed by atoms with Gasteiger partial charge in [0.2, 0.25) is 5.76 Å². The predicted molar refractivity (Wildman–Crippen MR) is 59.1 cm³/mol. The average molecular weight is 254 g/mol. The van der Waals surface area contributed by atoms with Crippen LogP contribution in [0.25, 0.3) is 0 Å². The lowest BCUT2D eigenvalue weighted by Gasteiger charge is -2.14. The number of carbonyl (C=O) groups is 2. The maximum absolute atomic E-state index is 11.8. The van der Waals surface area contributed by atoms with E-state index in [2.05, 4.69) is 10.5 Å². The normalized spacial score (nSPS) is 15.9. The van der Waals surface area contributed by atoms with Gasteiger partial charge in [-0.2, -0.15) is 0 Å². The maximum Gasteiger partial charge on any atom is 0.331 e. The second-order valence-corrected chi connectivity index (χ2v) is 3.99. The van der Waals surface area contributed by atoms with E-state index in [9.17, 15) is 9.59 Å². The third-order valence-corrected chi connectivity index (χ3v) is 2.69. The van der Waals surface area contributed by atoms with Gasteiger partial charge >= 0.3 is 5.97 Å². The molecule has 1 amide bonds. The minimum absolute atomic E-state index is 0.00224. The van der Waals surface area contributed by atoms with E-state index in [4.69, 9.17) is 14.0 Å². The maximum atomic E-state index is 11.8. The number of aromatic nitrogens is 1. The largest absolute Gasteiger partial charge is 0.479 e. The van der Waals surface area contributed by atoms with Crippen molar-refractivity contribution in [2.24, 2.45) is 0 Å². The lowest BCUT2D eigenvalue weighted by atomic mass is 10.2. The predicted octanol–water partition coefficient (Wildman–Crippen LogP) is 0.509. The van der Waals surface area contributed by atoms with Crippen LogP contribution in [-0.2, 0) is 9.53 Å². The molecule has 0 radical (unpaired) electrons. The molecule has 0 bridgehead atoms. The highest BCUT2D eigenvalue weighted by molar-refractivity contribution is 5.97. The van der Waals surface area contributed by atoms with Crippen LogP contribution in [0.15, 0.2) is 10.6 Å². The molecule has 98 valence electrons. The molecule has 1 saturated carbocycles. The summed E-state index contributed by atoms with van der Waals surface area (Å²) in [5.41, 5.74) is -0.896. The van der Waals surface area contributed by atoms with E-state index in [1.165, 1.54) is 13.2 Å². The summed E-state index contributed by atoms with van der Waals surface area (Å²) in [4.78, 5) is 23.5. The molecule has 7 heteroatoms. The number of hydrogen-bond donors (Lipinski definition) is 1. The van der Waals surface area contributed by atoms with Gasteiger partial charge in [0.1, 0.15) is 5.54 Å². The molecule has 1 fully saturated rings. The molecule has 1 aliphatic rings. The molecule has 1 aromatic rings. The fraction of sp³-hybridized carbons (Fsp3) is 0.545. The first kappa shape index (κ1) is 12.4. The summed E-state index contributed by atoms with van der Waals surface area (Å²) in [5.74, 6) is -0.704. The molecule has 18 heavy (non-hydrogen) atoms. The average Bonchev–Trinajstić information content (AvgIpc) is 2.97. The number of hydrogen-bond acceptors (Lipinski definition) is 6. The summed E-state index contributed by atoms with van der Waals surface area (Å²) < 4.78 is 14.5. The van der Waals surface area contributed by atoms with Crippen molar-refractivity contribution in [2.45, 2.75) is 25.3 Å². The molecule has 1 N–H and O–H groups in total. The van der Waals surface area contributed by atoms with Crippen LogP contribution >= 0.6 is 0 Å². The van der Waals surface area contributed by atoms with Crippen molar-refractivity contribution in [3.8, 4) is 5.88 Å². The topological polar surface area (TPSA) is 90.7 Å². The fourth-order valence-electron chi connectivity index (χ4n) is 1.52. The lowest BCUT2D eigenvalue weighted by molar-refractivity contribution is -0.146. The third kappa shape index (κ3) is 2.29. The van der Waals surface area contributed by atoms with E-state index in [1.807, 2.05) is 0 Å². The van der Waals surface area contributed by atoms with Crippen LogP contribution in [0.3, 0.4) is 0 Å². The first-order valence-electron chi connectivity index (χ1n) is 5.62. The Hall–Kier alpha value is -2.05. The van der Waals surface area contributed by atoms with E-state index in [0.29, 0.717) is 12.8 Å². The second kappa shape index (κ2) is 4.67. The van der Waals surface area contributed by atoms with Crippen molar-refractivity contribution < 1.29 is 23.6 Å². The van der Waals surface area contributed by atoms with E-state index in [-0.39, 0.29) is 18.2 Å². The van der Waals surface area contributed by atoms with E-state index in [0.717, 1.165) is 0 Å². The Kier molecular flexibility index (Phi) is 3.22. The van der Waals surface area contributed by atoms with E-state index in [1.54, 1.807) is 6.92 Å². The van der Waals surface area contributed by atoms with Crippen LogP contribution in [-0.4, -0.2) is 36.3 Å². The number of ether oxygens (including phenoxy) is 2. The SMILES string of the molecule is CCOC(=O)C1(NC(=O)c2cc(OC)no2)CC1. The van der Waals surface area contributed by atoms with E-state index >= 15 is 0 Å². The zero-order valence-electron chi connectivity index (χ0n) is 10.2. The van der Waals surface area contributed by atoms with Crippen molar-refractivity contribution in [1.82, 2.24) is 10.5 Å². The Labute approximate surface area is 103 Å². The Bertz CT molecular complexity index is 464. The molecule has 0 spiro atoms. The number of amides is 1. The molecule has 0 aromatic carbocycles. The summed E-state index contributed by atoms with van der Waals surface area (Å²) >= 11 is 0. The molecular weight excluding hydrogens is 240 g/mol. The monoisotopic (exact) mass is 254 g/mol. The van der Waals surface area contributed by atoms with Crippen LogP contribution in [0.2, 0.25) is 0 Å². The summed E-state index contributed by atoms with van der Waals surface area (Å²) in [5, 5.41) is 6.12. The summed E-state index contributed by atoms with van der Waals surface area (Å²) in [6, 6.07) is 1.36. The van der Waals surface area contributed by atoms with Crippen molar-refractivity contribution in [3.63, 3.8) is 0 Å². The zero-order valence-corrected chi connectivity index (χ0v) is 10.2. The molecule has 1 heterocycles. The number of carbonyl (C=O) groups excluding carboxylic acids is 2. The minimum atomic E-state index is -0.896. The molecule has 1 aliphatic carbocycles. The van der Waals surface area contributed by atoms with Crippen LogP contribution in [0, 0.1) is 0 Å². The summed E-state index contributed by atoms with van der Waals surface area (Å²) in [7, 11) is 1.42. The van der Waals surface area contributed by atoms with Crippen molar-refractivity contribution >= 4 is 11.9 Å². The fourth-order valence-corrected chi connectivity index (χ4v) is 1.52. The lowest BCUT2D eigenvalue weighted by Crippen LogP contribution is -2.44. The number of nitrogens with one attached hydrogen (secondary N) is 1. The van der Waals surface area contributed by atoms with Crippen LogP contribution in [0.5, 0.6) is 5.88 Å². The standard InChI is InChI=1S/C11H14N2O5/c1-3-17-10(15)11(4-5-11)12-9(14)7-6-8(16-2)13-18-7/h6H,3-5H2,1-2H3,(H,12,14). The molecular formula is C11H14N2O5. The van der Waals surface area contributed by atoms with Crippen molar-refractivity contribution in [3.05, 3.63) is 11.8 Å². The van der Waals surface area contributed by atoms with Gasteiger partial charge in [-0.25, -0.2) is 4.79 Å². The van der Waals surface area contributed by atoms with Gasteiger partial charge in [0, 0.05) is 0 Å². The van der Waals surface area contributed by atoms with Gasteiger partial charge in [-0.1, -0.05) is 0 Å². The van der Waals surface area contributed by atoms with Gasteiger partial charge in [0.15, 0.2) is 0 Å². The third-order valence-electron chi connectivity index (χ3n) is 2.69. The minimum Gasteiger partial charge on any atom is -0.479 e. The first-order valence-corrected chi connectivity index (χ1v) is 5.62. The first-order chi connectivity index (χ1) is 8.61. The van der Waals surface area contributed by atoms with E-state index < -0.39 is 17.4 Å². The smallest absolute Gasteiger partial charge is 0.331 e. The van der Waals surface area contributed by atoms with Gasteiger partial charge in [-0.3, -0.25) is 4.79 Å². The number of methoxy groups -OCH3 is 1. The highest BCUT2D eigenvalue weighted by Crippen LogP contribution is 2.37. The Balaban J connectivity index is 2.01. The molecule has 0 aliphatic heterocycles. The quantitative estimate of drug-likeness (QED) is 0.770. The summed E-state index contributed by atoms with van der Waals surface area (Å²) in [6.07, 6.45) is 1.14. The number of rotatable bonds is 5. The van der Waals surface area contributed by atoms with Crippen LogP contribution < -0.4 is 10.1 Å². The molecule has 2 rings (SSSR count). The molecule has 0 atom stereocenters. The number of nitrogens with zero attached hydrogens (tertiary/aromatic N) is 1. The van der Waals surface area contributed by atoms with Crippen molar-refractivity contribution in [1.29, 1.82) is 0 Å². The van der Waals surface area contributed by atoms with Crippen molar-refractivity contribution in [2.75, 3.05) is 13.7 Å². The molecule has 7 nitrogen and oxygen atoms in total. The molecule has 1 aromatic heterocycles. The van der Waals surface area contributed by atoms with Gasteiger partial charge in [0.05, 0.1) is 19.8 Å². The molecule has 0 saturated heterocycles. The van der Waals surface area contributed by atoms with Gasteiger partial charge < -0.3 is 19.3 Å². The van der Waals surface area contributed by atoms with Gasteiger partial charge in [0.25, 0.3) is 11.8 Å². The highest BCUT2D eigenvalue weighted by atomic mass is 16.5. The second-order valence-electron chi connectivity index (χ2n) is 3.99. The molecule has 0 unspecified atom stereocenters. The highest BCUT2D eigenvalue weighted by Gasteiger charge is 2.53. The Morgan fingerprint density at radius 1 is 1.56 bits per heavy atom. The van der Waals surface area contributed by atoms with Gasteiger partial charge in [-0.15, -0.1) is 0 Å². The Morgan fingerprint density at radius 2 is 2.28 bits per heavy atom. The Morgan fingerprint density at radius 3 is 2.78 bits per heavy atom. The zero-order chi connectivity index (χ0) is 13.2.